The Morgan fingerprint density at radius 2 is 2.27 bits per heavy atom. The number of nitrogens with one attached hydrogen (secondary N) is 1. The topological polar surface area (TPSA) is 66.4 Å². The highest BCUT2D eigenvalue weighted by Crippen LogP contribution is 2.36. The summed E-state index contributed by atoms with van der Waals surface area (Å²) < 4.78 is 26.5. The van der Waals surface area contributed by atoms with Gasteiger partial charge in [0.2, 0.25) is 10.0 Å². The molecule has 1 fully saturated rings. The Hall–Kier alpha value is -0.430. The molecule has 0 aromatic carbocycles. The summed E-state index contributed by atoms with van der Waals surface area (Å²) in [6, 6.07) is 1.53. The van der Waals surface area contributed by atoms with Gasteiger partial charge in [-0.3, -0.25) is 0 Å². The van der Waals surface area contributed by atoms with Crippen molar-refractivity contribution < 1.29 is 13.5 Å². The van der Waals surface area contributed by atoms with Crippen LogP contribution in [0.25, 0.3) is 0 Å². The van der Waals surface area contributed by atoms with Crippen LogP contribution in [0.1, 0.15) is 24.6 Å². The predicted octanol–water partition coefficient (Wildman–Crippen LogP) is 1.07. The SMILES string of the molecule is CC1(NS(=O)(=O)c2ccsc2CO)CC1. The van der Waals surface area contributed by atoms with E-state index in [0.29, 0.717) is 4.88 Å². The lowest BCUT2D eigenvalue weighted by molar-refractivity contribution is 0.282. The van der Waals surface area contributed by atoms with Crippen LogP contribution in [-0.4, -0.2) is 19.1 Å². The minimum Gasteiger partial charge on any atom is -0.391 e. The molecule has 0 spiro atoms. The fourth-order valence-electron chi connectivity index (χ4n) is 1.35. The lowest BCUT2D eigenvalue weighted by Crippen LogP contribution is -2.34. The lowest BCUT2D eigenvalue weighted by Gasteiger charge is -2.11. The molecule has 4 nitrogen and oxygen atoms in total. The van der Waals surface area contributed by atoms with Gasteiger partial charge >= 0.3 is 0 Å². The normalized spacial score (nSPS) is 19.1. The van der Waals surface area contributed by atoms with Gasteiger partial charge in [0.05, 0.1) is 11.5 Å². The first kappa shape index (κ1) is 11.1. The average molecular weight is 247 g/mol. The monoisotopic (exact) mass is 247 g/mol. The molecule has 0 atom stereocenters. The van der Waals surface area contributed by atoms with E-state index in [2.05, 4.69) is 4.72 Å². The summed E-state index contributed by atoms with van der Waals surface area (Å²) in [7, 11) is -3.45. The van der Waals surface area contributed by atoms with Gasteiger partial charge in [0.25, 0.3) is 0 Å². The third-order valence-corrected chi connectivity index (χ3v) is 5.28. The zero-order chi connectivity index (χ0) is 11.1. The summed E-state index contributed by atoms with van der Waals surface area (Å²) >= 11 is 1.25. The first-order chi connectivity index (χ1) is 6.97. The molecule has 15 heavy (non-hydrogen) atoms. The molecule has 1 aromatic rings. The highest BCUT2D eigenvalue weighted by atomic mass is 32.2. The third-order valence-electron chi connectivity index (χ3n) is 2.52. The van der Waals surface area contributed by atoms with Crippen LogP contribution >= 0.6 is 11.3 Å². The second-order valence-corrected chi connectivity index (χ2v) is 6.68. The fourth-order valence-corrected chi connectivity index (χ4v) is 4.11. The quantitative estimate of drug-likeness (QED) is 0.836. The molecule has 1 aliphatic rings. The van der Waals surface area contributed by atoms with E-state index in [9.17, 15) is 8.42 Å². The molecule has 0 bridgehead atoms. The molecule has 0 saturated heterocycles. The Balaban J connectivity index is 2.29. The maximum atomic E-state index is 11.9. The zero-order valence-corrected chi connectivity index (χ0v) is 9.99. The number of hydrogen-bond acceptors (Lipinski definition) is 4. The molecular formula is C9H13NO3S2. The van der Waals surface area contributed by atoms with Crippen LogP contribution in [0.3, 0.4) is 0 Å². The third kappa shape index (κ3) is 2.23. The van der Waals surface area contributed by atoms with Gasteiger partial charge in [0.1, 0.15) is 0 Å². The first-order valence-corrected chi connectivity index (χ1v) is 7.04. The summed E-state index contributed by atoms with van der Waals surface area (Å²) in [6.07, 6.45) is 1.76. The molecular weight excluding hydrogens is 234 g/mol. The van der Waals surface area contributed by atoms with Gasteiger partial charge in [-0.1, -0.05) is 0 Å². The Morgan fingerprint density at radius 3 is 2.80 bits per heavy atom. The van der Waals surface area contributed by atoms with Crippen molar-refractivity contribution in [3.05, 3.63) is 16.3 Å². The van der Waals surface area contributed by atoms with E-state index in [4.69, 9.17) is 5.11 Å². The molecule has 0 radical (unpaired) electrons. The maximum absolute atomic E-state index is 11.9. The molecule has 6 heteroatoms. The molecule has 1 aliphatic carbocycles. The Labute approximate surface area is 93.0 Å². The standard InChI is InChI=1S/C9H13NO3S2/c1-9(3-4-9)10-15(12,13)8-2-5-14-7(8)6-11/h2,5,10-11H,3-4,6H2,1H3. The number of thiophene rings is 1. The molecule has 0 aliphatic heterocycles. The molecule has 1 aromatic heterocycles. The number of aliphatic hydroxyl groups is 1. The second-order valence-electron chi connectivity index (χ2n) is 4.03. The minimum absolute atomic E-state index is 0.211. The molecule has 1 heterocycles. The van der Waals surface area contributed by atoms with Crippen molar-refractivity contribution in [1.82, 2.24) is 4.72 Å². The van der Waals surface area contributed by atoms with E-state index in [1.165, 1.54) is 17.4 Å². The Bertz CT molecular complexity index is 459. The second kappa shape index (κ2) is 3.55. The Kier molecular flexibility index (Phi) is 2.62. The van der Waals surface area contributed by atoms with Crippen molar-refractivity contribution in [2.75, 3.05) is 0 Å². The maximum Gasteiger partial charge on any atom is 0.242 e. The Morgan fingerprint density at radius 1 is 1.60 bits per heavy atom. The van der Waals surface area contributed by atoms with Gasteiger partial charge < -0.3 is 5.11 Å². The molecule has 84 valence electrons. The van der Waals surface area contributed by atoms with Gasteiger partial charge in [0.15, 0.2) is 0 Å². The van der Waals surface area contributed by atoms with Crippen molar-refractivity contribution >= 4 is 21.4 Å². The van der Waals surface area contributed by atoms with Gasteiger partial charge in [0, 0.05) is 10.4 Å². The molecule has 0 amide bonds. The summed E-state index contributed by atoms with van der Waals surface area (Å²) in [4.78, 5) is 0.704. The highest BCUT2D eigenvalue weighted by Gasteiger charge is 2.41. The number of rotatable bonds is 4. The van der Waals surface area contributed by atoms with Crippen molar-refractivity contribution in [2.45, 2.75) is 36.8 Å². The van der Waals surface area contributed by atoms with Crippen LogP contribution in [0, 0.1) is 0 Å². The lowest BCUT2D eigenvalue weighted by atomic mass is 10.4. The fraction of sp³-hybridized carbons (Fsp3) is 0.556. The van der Waals surface area contributed by atoms with E-state index in [1.54, 1.807) is 5.38 Å². The van der Waals surface area contributed by atoms with Crippen molar-refractivity contribution in [3.63, 3.8) is 0 Å². The van der Waals surface area contributed by atoms with Crippen molar-refractivity contribution in [2.24, 2.45) is 0 Å². The van der Waals surface area contributed by atoms with Crippen LogP contribution in [0.4, 0.5) is 0 Å². The summed E-state index contributed by atoms with van der Waals surface area (Å²) in [5.41, 5.74) is -0.270. The minimum atomic E-state index is -3.45. The first-order valence-electron chi connectivity index (χ1n) is 4.68. The molecule has 1 saturated carbocycles. The molecule has 2 rings (SSSR count). The predicted molar refractivity (Wildman–Crippen MR) is 58.2 cm³/mol. The summed E-state index contributed by atoms with van der Waals surface area (Å²) in [5.74, 6) is 0. The zero-order valence-electron chi connectivity index (χ0n) is 8.36. The van der Waals surface area contributed by atoms with E-state index < -0.39 is 10.0 Å². The van der Waals surface area contributed by atoms with E-state index in [-0.39, 0.29) is 17.0 Å². The molecule has 2 N–H and O–H groups in total. The van der Waals surface area contributed by atoms with Crippen LogP contribution in [0.5, 0.6) is 0 Å². The van der Waals surface area contributed by atoms with Gasteiger partial charge in [-0.15, -0.1) is 11.3 Å². The van der Waals surface area contributed by atoms with Gasteiger partial charge in [-0.25, -0.2) is 13.1 Å². The number of hydrogen-bond donors (Lipinski definition) is 2. The highest BCUT2D eigenvalue weighted by molar-refractivity contribution is 7.89. The van der Waals surface area contributed by atoms with Crippen LogP contribution in [0.15, 0.2) is 16.3 Å². The van der Waals surface area contributed by atoms with E-state index in [0.717, 1.165) is 12.8 Å². The van der Waals surface area contributed by atoms with Crippen LogP contribution in [-0.2, 0) is 16.6 Å². The summed E-state index contributed by atoms with van der Waals surface area (Å²) in [6.45, 7) is 1.65. The largest absolute Gasteiger partial charge is 0.391 e. The number of aliphatic hydroxyl groups excluding tert-OH is 1. The number of sulfonamides is 1. The van der Waals surface area contributed by atoms with Gasteiger partial charge in [-0.05, 0) is 31.2 Å². The van der Waals surface area contributed by atoms with Gasteiger partial charge in [-0.2, -0.15) is 0 Å². The van der Waals surface area contributed by atoms with E-state index in [1.807, 2.05) is 6.92 Å². The van der Waals surface area contributed by atoms with Crippen molar-refractivity contribution in [1.29, 1.82) is 0 Å². The van der Waals surface area contributed by atoms with Crippen LogP contribution in [0.2, 0.25) is 0 Å². The average Bonchev–Trinajstić information content (AvgIpc) is 2.70. The smallest absolute Gasteiger partial charge is 0.242 e. The van der Waals surface area contributed by atoms with E-state index >= 15 is 0 Å². The summed E-state index contributed by atoms with van der Waals surface area (Å²) in [5, 5.41) is 10.7. The van der Waals surface area contributed by atoms with Crippen molar-refractivity contribution in [3.8, 4) is 0 Å². The molecule has 0 unspecified atom stereocenters. The van der Waals surface area contributed by atoms with Crippen LogP contribution < -0.4 is 4.72 Å².